The number of nitrogens with one attached hydrogen (secondary N) is 1. The molecule has 1 atom stereocenters. The summed E-state index contributed by atoms with van der Waals surface area (Å²) < 4.78 is 3.60. The minimum atomic E-state index is -0.785. The van der Waals surface area contributed by atoms with Crippen LogP contribution in [-0.2, 0) is 17.8 Å². The Balaban J connectivity index is 1.29. The van der Waals surface area contributed by atoms with E-state index in [4.69, 9.17) is 5.73 Å². The van der Waals surface area contributed by atoms with Gasteiger partial charge in [-0.05, 0) is 61.8 Å². The Kier molecular flexibility index (Phi) is 7.62. The molecule has 0 radical (unpaired) electrons. The largest absolute Gasteiger partial charge is 0.373 e. The predicted molar refractivity (Wildman–Crippen MR) is 136 cm³/mol. The van der Waals surface area contributed by atoms with Crippen LogP contribution in [0.25, 0.3) is 10.9 Å². The van der Waals surface area contributed by atoms with Crippen LogP contribution < -0.4 is 11.1 Å². The number of aliphatic hydroxyl groups is 1. The van der Waals surface area contributed by atoms with E-state index in [0.717, 1.165) is 29.4 Å². The van der Waals surface area contributed by atoms with E-state index in [9.17, 15) is 14.7 Å². The maximum atomic E-state index is 12.5. The normalized spacial score (nSPS) is 12.1. The number of hydrogen-bond donors (Lipinski definition) is 3. The summed E-state index contributed by atoms with van der Waals surface area (Å²) in [5.74, 6) is -0.614. The molecule has 4 N–H and O–H groups in total. The third-order valence-electron chi connectivity index (χ3n) is 6.11. The fraction of sp³-hybridized carbons (Fsp3) is 0.296. The number of nitrogens with two attached hydrogens (primary N) is 1. The van der Waals surface area contributed by atoms with Crippen LogP contribution in [0.15, 0.2) is 67.3 Å². The van der Waals surface area contributed by atoms with Gasteiger partial charge in [-0.25, -0.2) is 4.98 Å². The van der Waals surface area contributed by atoms with E-state index in [1.54, 1.807) is 0 Å². The van der Waals surface area contributed by atoms with Gasteiger partial charge < -0.3 is 25.3 Å². The van der Waals surface area contributed by atoms with Gasteiger partial charge in [0.25, 0.3) is 5.91 Å². The summed E-state index contributed by atoms with van der Waals surface area (Å²) in [7, 11) is 0. The van der Waals surface area contributed by atoms with E-state index in [2.05, 4.69) is 46.1 Å². The van der Waals surface area contributed by atoms with Gasteiger partial charge in [0.2, 0.25) is 5.91 Å². The molecule has 0 spiro atoms. The Morgan fingerprint density at radius 1 is 1.11 bits per heavy atom. The second-order valence-corrected chi connectivity index (χ2v) is 8.86. The van der Waals surface area contributed by atoms with Crippen molar-refractivity contribution in [3.63, 3.8) is 0 Å². The number of amides is 2. The van der Waals surface area contributed by atoms with E-state index in [1.807, 2.05) is 30.5 Å². The number of aliphatic hydroxyl groups excluding tert-OH is 1. The van der Waals surface area contributed by atoms with Crippen LogP contribution in [0.4, 0.5) is 5.69 Å². The number of benzene rings is 2. The molecule has 0 saturated heterocycles. The highest BCUT2D eigenvalue weighted by atomic mass is 16.3. The lowest BCUT2D eigenvalue weighted by molar-refractivity contribution is -0.116. The van der Waals surface area contributed by atoms with E-state index >= 15 is 0 Å². The van der Waals surface area contributed by atoms with Crippen molar-refractivity contribution >= 4 is 28.4 Å². The summed E-state index contributed by atoms with van der Waals surface area (Å²) in [5.41, 5.74) is 9.62. The molecule has 35 heavy (non-hydrogen) atoms. The van der Waals surface area contributed by atoms with Crippen LogP contribution in [0.3, 0.4) is 0 Å². The molecule has 0 saturated carbocycles. The third-order valence-corrected chi connectivity index (χ3v) is 6.11. The molecule has 2 aromatic carbocycles. The summed E-state index contributed by atoms with van der Waals surface area (Å²) in [4.78, 5) is 27.5. The van der Waals surface area contributed by atoms with Crippen LogP contribution in [0, 0.1) is 6.92 Å². The Bertz CT molecular complexity index is 1310. The fourth-order valence-electron chi connectivity index (χ4n) is 4.11. The van der Waals surface area contributed by atoms with Gasteiger partial charge in [0.1, 0.15) is 11.9 Å². The van der Waals surface area contributed by atoms with Crippen LogP contribution in [-0.4, -0.2) is 31.0 Å². The lowest BCUT2D eigenvalue weighted by atomic mass is 10.1. The molecular weight excluding hydrogens is 442 g/mol. The van der Waals surface area contributed by atoms with Crippen LogP contribution >= 0.6 is 0 Å². The van der Waals surface area contributed by atoms with Gasteiger partial charge in [-0.3, -0.25) is 9.59 Å². The summed E-state index contributed by atoms with van der Waals surface area (Å²) >= 11 is 0. The van der Waals surface area contributed by atoms with Gasteiger partial charge in [0.05, 0.1) is 11.8 Å². The quantitative estimate of drug-likeness (QED) is 0.303. The second kappa shape index (κ2) is 11.0. The Morgan fingerprint density at radius 2 is 1.91 bits per heavy atom. The molecule has 2 amide bonds. The molecule has 2 heterocycles. The maximum Gasteiger partial charge on any atom is 0.268 e. The summed E-state index contributed by atoms with van der Waals surface area (Å²) in [6.07, 6.45) is 7.43. The number of aryl methyl sites for hydroxylation is 3. The number of anilines is 1. The van der Waals surface area contributed by atoms with E-state index in [1.165, 1.54) is 28.2 Å². The van der Waals surface area contributed by atoms with Crippen molar-refractivity contribution in [2.24, 2.45) is 5.73 Å². The molecule has 8 nitrogen and oxygen atoms in total. The van der Waals surface area contributed by atoms with Crippen molar-refractivity contribution in [1.82, 2.24) is 14.1 Å². The van der Waals surface area contributed by atoms with Gasteiger partial charge in [0, 0.05) is 31.0 Å². The van der Waals surface area contributed by atoms with E-state index in [-0.39, 0.29) is 11.6 Å². The maximum absolute atomic E-state index is 12.5. The molecule has 8 heteroatoms. The molecule has 1 unspecified atom stereocenters. The molecule has 2 aromatic heterocycles. The first kappa shape index (κ1) is 24.2. The highest BCUT2D eigenvalue weighted by molar-refractivity contribution is 5.93. The highest BCUT2D eigenvalue weighted by Crippen LogP contribution is 2.22. The van der Waals surface area contributed by atoms with Gasteiger partial charge in [-0.15, -0.1) is 0 Å². The zero-order valence-corrected chi connectivity index (χ0v) is 19.9. The topological polar surface area (TPSA) is 115 Å². The molecule has 0 aliphatic carbocycles. The molecule has 182 valence electrons. The fourth-order valence-corrected chi connectivity index (χ4v) is 4.11. The first-order chi connectivity index (χ1) is 16.9. The molecular formula is C27H31N5O3. The summed E-state index contributed by atoms with van der Waals surface area (Å²) in [6, 6.07) is 16.4. The lowest BCUT2D eigenvalue weighted by Gasteiger charge is -2.13. The molecule has 4 aromatic rings. The van der Waals surface area contributed by atoms with E-state index < -0.39 is 12.1 Å². The minimum absolute atomic E-state index is 0.00773. The zero-order chi connectivity index (χ0) is 24.8. The first-order valence-electron chi connectivity index (χ1n) is 11.8. The molecule has 0 bridgehead atoms. The number of fused-ring (bicyclic) bond motifs is 1. The number of imidazole rings is 1. The zero-order valence-electron chi connectivity index (χ0n) is 19.9. The van der Waals surface area contributed by atoms with Crippen molar-refractivity contribution in [2.75, 3.05) is 5.32 Å². The highest BCUT2D eigenvalue weighted by Gasteiger charge is 2.11. The van der Waals surface area contributed by atoms with Gasteiger partial charge in [-0.2, -0.15) is 0 Å². The Hall–Kier alpha value is -3.91. The Labute approximate surface area is 204 Å². The van der Waals surface area contributed by atoms with Crippen LogP contribution in [0.1, 0.15) is 53.5 Å². The minimum Gasteiger partial charge on any atom is -0.373 e. The summed E-state index contributed by atoms with van der Waals surface area (Å²) in [5, 5.41) is 14.5. The molecule has 0 aliphatic heterocycles. The molecule has 0 fully saturated rings. The first-order valence-corrected chi connectivity index (χ1v) is 11.8. The number of aromatic nitrogens is 3. The SMILES string of the molecule is Cc1ccc(CCCC(=O)Nc2ccc3ccn(CCCC(O)n4cnc(C(N)=O)c4)c3c2)cc1. The molecule has 0 aliphatic rings. The smallest absolute Gasteiger partial charge is 0.268 e. The third kappa shape index (κ3) is 6.36. The number of carbonyl (C=O) groups is 2. The van der Waals surface area contributed by atoms with E-state index in [0.29, 0.717) is 25.8 Å². The average Bonchev–Trinajstić information content (AvgIpc) is 3.48. The van der Waals surface area contributed by atoms with Crippen LogP contribution in [0.2, 0.25) is 0 Å². The number of rotatable bonds is 11. The van der Waals surface area contributed by atoms with Gasteiger partial charge in [0.15, 0.2) is 0 Å². The number of primary amides is 1. The lowest BCUT2D eigenvalue weighted by Crippen LogP contribution is -2.12. The number of nitrogens with zero attached hydrogens (tertiary/aromatic N) is 3. The van der Waals surface area contributed by atoms with Crippen molar-refractivity contribution in [1.29, 1.82) is 0 Å². The number of hydrogen-bond acceptors (Lipinski definition) is 4. The van der Waals surface area contributed by atoms with Crippen LogP contribution in [0.5, 0.6) is 0 Å². The Morgan fingerprint density at radius 3 is 2.66 bits per heavy atom. The van der Waals surface area contributed by atoms with Crippen molar-refractivity contribution in [2.45, 2.75) is 51.8 Å². The summed E-state index contributed by atoms with van der Waals surface area (Å²) in [6.45, 7) is 2.77. The van der Waals surface area contributed by atoms with Gasteiger partial charge >= 0.3 is 0 Å². The predicted octanol–water partition coefficient (Wildman–Crippen LogP) is 4.18. The standard InChI is InChI=1S/C27H31N5O3/c1-19-7-9-20(10-8-19)4-2-5-25(33)30-22-12-11-21-13-15-31(24(21)16-22)14-3-6-26(34)32-17-23(27(28)35)29-18-32/h7-13,15-18,26,34H,2-6,14H2,1H3,(H2,28,35)(H,30,33). The average molecular weight is 474 g/mol. The molecule has 4 rings (SSSR count). The second-order valence-electron chi connectivity index (χ2n) is 8.86. The van der Waals surface area contributed by atoms with Crippen molar-refractivity contribution in [3.05, 3.63) is 84.1 Å². The van der Waals surface area contributed by atoms with Crippen molar-refractivity contribution < 1.29 is 14.7 Å². The van der Waals surface area contributed by atoms with Crippen molar-refractivity contribution in [3.8, 4) is 0 Å². The monoisotopic (exact) mass is 473 g/mol. The number of carbonyl (C=O) groups excluding carboxylic acids is 2. The van der Waals surface area contributed by atoms with Gasteiger partial charge in [-0.1, -0.05) is 35.9 Å².